The third-order valence-corrected chi connectivity index (χ3v) is 4.08. The Morgan fingerprint density at radius 3 is 2.95 bits per heavy atom. The smallest absolute Gasteiger partial charge is 0.312 e. The van der Waals surface area contributed by atoms with Gasteiger partial charge in [0.2, 0.25) is 0 Å². The number of amides is 2. The number of thiophene rings is 1. The van der Waals surface area contributed by atoms with E-state index in [-0.39, 0.29) is 5.54 Å². The van der Waals surface area contributed by atoms with Gasteiger partial charge in [-0.25, -0.2) is 14.8 Å². The molecule has 2 aromatic heterocycles. The van der Waals surface area contributed by atoms with E-state index in [9.17, 15) is 4.79 Å². The molecule has 0 aliphatic heterocycles. The van der Waals surface area contributed by atoms with Crippen LogP contribution in [0, 0.1) is 0 Å². The minimum Gasteiger partial charge on any atom is -0.362 e. The summed E-state index contributed by atoms with van der Waals surface area (Å²) < 4.78 is 1.97. The topological polar surface area (TPSA) is 92.9 Å². The molecule has 0 saturated heterocycles. The van der Waals surface area contributed by atoms with Gasteiger partial charge in [-0.1, -0.05) is 0 Å². The van der Waals surface area contributed by atoms with Gasteiger partial charge in [-0.3, -0.25) is 0 Å². The molecule has 2 heterocycles. The van der Waals surface area contributed by atoms with Crippen LogP contribution in [-0.2, 0) is 0 Å². The molecule has 0 aliphatic carbocycles. The number of hydrogen-bond acceptors (Lipinski definition) is 5. The molecule has 0 aliphatic rings. The predicted molar refractivity (Wildman–Crippen MR) is 80.4 cm³/mol. The molecule has 0 spiro atoms. The maximum atomic E-state index is 10.8. The van der Waals surface area contributed by atoms with Crippen molar-refractivity contribution in [3.63, 3.8) is 0 Å². The van der Waals surface area contributed by atoms with E-state index in [0.717, 1.165) is 19.8 Å². The Balaban J connectivity index is 2.22. The van der Waals surface area contributed by atoms with Crippen LogP contribution in [0.25, 0.3) is 10.2 Å². The van der Waals surface area contributed by atoms with Crippen molar-refractivity contribution in [2.24, 2.45) is 5.73 Å². The lowest BCUT2D eigenvalue weighted by molar-refractivity contribution is 0.247. The first kappa shape index (κ1) is 14.0. The third-order valence-electron chi connectivity index (χ3n) is 2.44. The fourth-order valence-electron chi connectivity index (χ4n) is 1.59. The maximum absolute atomic E-state index is 10.8. The molecule has 4 N–H and O–H groups in total. The van der Waals surface area contributed by atoms with Crippen molar-refractivity contribution in [2.45, 2.75) is 19.4 Å². The van der Waals surface area contributed by atoms with E-state index in [2.05, 4.69) is 36.5 Å². The normalized spacial score (nSPS) is 11.5. The number of anilines is 1. The van der Waals surface area contributed by atoms with Crippen molar-refractivity contribution in [3.05, 3.63) is 16.2 Å². The Bertz CT molecular complexity index is 612. The highest BCUT2D eigenvalue weighted by Gasteiger charge is 2.20. The number of rotatable bonds is 4. The number of carbonyl (C=O) groups is 1. The number of nitrogens with zero attached hydrogens (tertiary/aromatic N) is 2. The number of carbonyl (C=O) groups excluding carboxylic acids is 1. The number of aromatic nitrogens is 2. The average molecular weight is 344 g/mol. The van der Waals surface area contributed by atoms with Gasteiger partial charge in [0.05, 0.1) is 19.5 Å². The Hall–Kier alpha value is -1.41. The molecule has 0 bridgehead atoms. The SMILES string of the molecule is CC(C)(CNC(N)=O)Nc1ncnc2cc(Br)sc12. The number of fused-ring (bicyclic) bond motifs is 1. The zero-order chi connectivity index (χ0) is 14.0. The van der Waals surface area contributed by atoms with Gasteiger partial charge in [0.25, 0.3) is 0 Å². The number of urea groups is 1. The van der Waals surface area contributed by atoms with E-state index < -0.39 is 6.03 Å². The van der Waals surface area contributed by atoms with Gasteiger partial charge >= 0.3 is 6.03 Å². The van der Waals surface area contributed by atoms with Crippen molar-refractivity contribution in [1.82, 2.24) is 15.3 Å². The summed E-state index contributed by atoms with van der Waals surface area (Å²) in [6, 6.07) is 1.41. The van der Waals surface area contributed by atoms with E-state index >= 15 is 0 Å². The first-order valence-corrected chi connectivity index (χ1v) is 7.20. The average Bonchev–Trinajstić information content (AvgIpc) is 2.68. The number of primary amides is 1. The van der Waals surface area contributed by atoms with Crippen molar-refractivity contribution in [1.29, 1.82) is 0 Å². The van der Waals surface area contributed by atoms with Crippen LogP contribution >= 0.6 is 27.3 Å². The monoisotopic (exact) mass is 343 g/mol. The Morgan fingerprint density at radius 1 is 1.53 bits per heavy atom. The zero-order valence-corrected chi connectivity index (χ0v) is 12.9. The Labute approximate surface area is 122 Å². The minimum absolute atomic E-state index is 0.368. The molecular weight excluding hydrogens is 330 g/mol. The lowest BCUT2D eigenvalue weighted by atomic mass is 10.1. The largest absolute Gasteiger partial charge is 0.362 e. The molecule has 19 heavy (non-hydrogen) atoms. The van der Waals surface area contributed by atoms with Crippen LogP contribution in [0.3, 0.4) is 0 Å². The first-order chi connectivity index (χ1) is 8.87. The number of nitrogens with two attached hydrogens (primary N) is 1. The van der Waals surface area contributed by atoms with Crippen LogP contribution in [0.2, 0.25) is 0 Å². The van der Waals surface area contributed by atoms with Gasteiger partial charge in [-0.2, -0.15) is 0 Å². The summed E-state index contributed by atoms with van der Waals surface area (Å²) in [5, 5.41) is 5.88. The van der Waals surface area contributed by atoms with E-state index in [1.807, 2.05) is 19.9 Å². The number of halogens is 1. The zero-order valence-electron chi connectivity index (χ0n) is 10.5. The highest BCUT2D eigenvalue weighted by Crippen LogP contribution is 2.33. The molecule has 6 nitrogen and oxygen atoms in total. The van der Waals surface area contributed by atoms with Gasteiger partial charge in [0, 0.05) is 6.54 Å². The summed E-state index contributed by atoms with van der Waals surface area (Å²) in [6.45, 7) is 4.32. The molecule has 8 heteroatoms. The standard InChI is InChI=1S/C11H14BrN5OS/c1-11(2,4-14-10(13)18)17-9-8-6(15-5-16-9)3-7(12)19-8/h3,5H,4H2,1-2H3,(H3,13,14,18)(H,15,16,17). The van der Waals surface area contributed by atoms with Crippen molar-refractivity contribution in [3.8, 4) is 0 Å². The summed E-state index contributed by atoms with van der Waals surface area (Å²) in [7, 11) is 0. The van der Waals surface area contributed by atoms with Crippen LogP contribution in [-0.4, -0.2) is 28.1 Å². The van der Waals surface area contributed by atoms with Crippen molar-refractivity contribution >= 4 is 49.3 Å². The highest BCUT2D eigenvalue weighted by molar-refractivity contribution is 9.11. The fraction of sp³-hybridized carbons (Fsp3) is 0.364. The second-order valence-corrected chi connectivity index (χ2v) is 7.15. The van der Waals surface area contributed by atoms with Crippen LogP contribution in [0.15, 0.2) is 16.2 Å². The van der Waals surface area contributed by atoms with Gasteiger partial charge in [-0.15, -0.1) is 11.3 Å². The summed E-state index contributed by atoms with van der Waals surface area (Å²) in [5.74, 6) is 0.747. The van der Waals surface area contributed by atoms with Crippen molar-refractivity contribution < 1.29 is 4.79 Å². The third kappa shape index (κ3) is 3.54. The fourth-order valence-corrected chi connectivity index (χ4v) is 3.07. The van der Waals surface area contributed by atoms with Gasteiger partial charge in [0.1, 0.15) is 12.1 Å². The first-order valence-electron chi connectivity index (χ1n) is 5.59. The molecule has 0 aromatic carbocycles. The molecule has 102 valence electrons. The Kier molecular flexibility index (Phi) is 3.91. The number of nitrogens with one attached hydrogen (secondary N) is 2. The maximum Gasteiger partial charge on any atom is 0.312 e. The molecule has 0 saturated carbocycles. The predicted octanol–water partition coefficient (Wildman–Crippen LogP) is 2.31. The van der Waals surface area contributed by atoms with Crippen LogP contribution < -0.4 is 16.4 Å². The van der Waals surface area contributed by atoms with E-state index in [1.54, 1.807) is 11.3 Å². The quantitative estimate of drug-likeness (QED) is 0.794. The summed E-state index contributed by atoms with van der Waals surface area (Å²) in [5.41, 5.74) is 5.59. The lowest BCUT2D eigenvalue weighted by Gasteiger charge is -2.26. The molecule has 0 unspecified atom stereocenters. The molecule has 0 radical (unpaired) electrons. The molecule has 2 aromatic rings. The van der Waals surface area contributed by atoms with E-state index in [1.165, 1.54) is 6.33 Å². The van der Waals surface area contributed by atoms with Gasteiger partial charge < -0.3 is 16.4 Å². The molecule has 2 rings (SSSR count). The lowest BCUT2D eigenvalue weighted by Crippen LogP contribution is -2.45. The second kappa shape index (κ2) is 5.30. The Morgan fingerprint density at radius 2 is 2.26 bits per heavy atom. The van der Waals surface area contributed by atoms with Gasteiger partial charge in [0.15, 0.2) is 0 Å². The van der Waals surface area contributed by atoms with E-state index in [4.69, 9.17) is 5.73 Å². The van der Waals surface area contributed by atoms with Crippen molar-refractivity contribution in [2.75, 3.05) is 11.9 Å². The summed E-state index contributed by atoms with van der Waals surface area (Å²) in [4.78, 5) is 19.2. The number of hydrogen-bond donors (Lipinski definition) is 3. The van der Waals surface area contributed by atoms with Crippen LogP contribution in [0.4, 0.5) is 10.6 Å². The summed E-state index contributed by atoms with van der Waals surface area (Å²) >= 11 is 5.00. The molecular formula is C11H14BrN5OS. The molecule has 0 fully saturated rings. The van der Waals surface area contributed by atoms with Crippen LogP contribution in [0.5, 0.6) is 0 Å². The van der Waals surface area contributed by atoms with Gasteiger partial charge in [-0.05, 0) is 35.8 Å². The second-order valence-electron chi connectivity index (χ2n) is 4.71. The van der Waals surface area contributed by atoms with E-state index in [0.29, 0.717) is 6.54 Å². The highest BCUT2D eigenvalue weighted by atomic mass is 79.9. The van der Waals surface area contributed by atoms with Crippen LogP contribution in [0.1, 0.15) is 13.8 Å². The minimum atomic E-state index is -0.540. The molecule has 0 atom stereocenters. The summed E-state index contributed by atoms with van der Waals surface area (Å²) in [6.07, 6.45) is 1.52. The molecule has 2 amide bonds.